The van der Waals surface area contributed by atoms with Crippen LogP contribution in [0.4, 0.5) is 0 Å². The number of likely N-dealkylation sites (N-methyl/N-ethyl adjacent to an activating group) is 1. The summed E-state index contributed by atoms with van der Waals surface area (Å²) in [6.45, 7) is 7.23. The molecule has 1 aromatic carbocycles. The summed E-state index contributed by atoms with van der Waals surface area (Å²) < 4.78 is 1.68. The molecule has 25 heavy (non-hydrogen) atoms. The molecule has 0 aliphatic carbocycles. The highest BCUT2D eigenvalue weighted by molar-refractivity contribution is 5.87. The molecule has 1 aromatic heterocycles. The van der Waals surface area contributed by atoms with Crippen LogP contribution in [0.25, 0.3) is 5.69 Å². The Kier molecular flexibility index (Phi) is 5.90. The predicted molar refractivity (Wildman–Crippen MR) is 95.0 cm³/mol. The molecule has 0 saturated carbocycles. The Morgan fingerprint density at radius 2 is 1.80 bits per heavy atom. The van der Waals surface area contributed by atoms with E-state index in [0.717, 1.165) is 11.3 Å². The summed E-state index contributed by atoms with van der Waals surface area (Å²) in [5, 5.41) is 6.84. The minimum Gasteiger partial charge on any atom is -0.344 e. The molecule has 1 heterocycles. The SMILES string of the molecule is CC(=O)N[C@@H](C(=O)N(C)[C@H](C)c1ccc(-n2cncn2)cc1)C(C)C. The molecule has 2 aromatic rings. The first-order chi connectivity index (χ1) is 11.8. The third-order valence-electron chi connectivity index (χ3n) is 4.28. The van der Waals surface area contributed by atoms with Gasteiger partial charge < -0.3 is 10.2 Å². The quantitative estimate of drug-likeness (QED) is 0.869. The summed E-state index contributed by atoms with van der Waals surface area (Å²) in [6, 6.07) is 7.16. The minimum absolute atomic E-state index is 0.0146. The first-order valence-electron chi connectivity index (χ1n) is 8.30. The lowest BCUT2D eigenvalue weighted by Crippen LogP contribution is -2.50. The molecule has 2 atom stereocenters. The van der Waals surface area contributed by atoms with Gasteiger partial charge in [0.25, 0.3) is 0 Å². The molecule has 1 N–H and O–H groups in total. The van der Waals surface area contributed by atoms with Gasteiger partial charge in [0, 0.05) is 14.0 Å². The van der Waals surface area contributed by atoms with E-state index in [1.165, 1.54) is 13.3 Å². The summed E-state index contributed by atoms with van der Waals surface area (Å²) >= 11 is 0. The van der Waals surface area contributed by atoms with Gasteiger partial charge in [-0.15, -0.1) is 0 Å². The summed E-state index contributed by atoms with van der Waals surface area (Å²) in [5.74, 6) is -0.288. The smallest absolute Gasteiger partial charge is 0.245 e. The molecule has 134 valence electrons. The van der Waals surface area contributed by atoms with E-state index in [4.69, 9.17) is 0 Å². The summed E-state index contributed by atoms with van der Waals surface area (Å²) in [5.41, 5.74) is 1.91. The van der Waals surface area contributed by atoms with Crippen molar-refractivity contribution in [3.63, 3.8) is 0 Å². The van der Waals surface area contributed by atoms with E-state index in [1.54, 1.807) is 23.0 Å². The van der Waals surface area contributed by atoms with E-state index >= 15 is 0 Å². The number of aromatic nitrogens is 3. The largest absolute Gasteiger partial charge is 0.344 e. The maximum atomic E-state index is 12.8. The zero-order valence-electron chi connectivity index (χ0n) is 15.3. The van der Waals surface area contributed by atoms with Crippen LogP contribution in [-0.2, 0) is 9.59 Å². The van der Waals surface area contributed by atoms with Crippen LogP contribution >= 0.6 is 0 Å². The lowest BCUT2D eigenvalue weighted by Gasteiger charge is -2.31. The van der Waals surface area contributed by atoms with Crippen LogP contribution in [0, 0.1) is 5.92 Å². The topological polar surface area (TPSA) is 80.1 Å². The van der Waals surface area contributed by atoms with E-state index in [0.29, 0.717) is 0 Å². The fourth-order valence-corrected chi connectivity index (χ4v) is 2.61. The van der Waals surface area contributed by atoms with Gasteiger partial charge in [-0.05, 0) is 30.5 Å². The molecule has 0 spiro atoms. The molecule has 7 heteroatoms. The van der Waals surface area contributed by atoms with Crippen molar-refractivity contribution in [1.82, 2.24) is 25.0 Å². The first-order valence-corrected chi connectivity index (χ1v) is 8.30. The zero-order chi connectivity index (χ0) is 18.6. The van der Waals surface area contributed by atoms with Crippen LogP contribution in [0.1, 0.15) is 39.3 Å². The molecule has 0 unspecified atom stereocenters. The van der Waals surface area contributed by atoms with Gasteiger partial charge in [0.1, 0.15) is 18.7 Å². The number of nitrogens with one attached hydrogen (secondary N) is 1. The Bertz CT molecular complexity index is 710. The molecule has 0 fully saturated rings. The van der Waals surface area contributed by atoms with E-state index in [9.17, 15) is 9.59 Å². The number of rotatable bonds is 6. The number of carbonyl (C=O) groups excluding carboxylic acids is 2. The van der Waals surface area contributed by atoms with E-state index in [-0.39, 0.29) is 23.8 Å². The third-order valence-corrected chi connectivity index (χ3v) is 4.28. The number of hydrogen-bond acceptors (Lipinski definition) is 4. The average Bonchev–Trinajstić information content (AvgIpc) is 3.12. The molecule has 0 bridgehead atoms. The van der Waals surface area contributed by atoms with Crippen molar-refractivity contribution in [2.24, 2.45) is 5.92 Å². The standard InChI is InChI=1S/C18H25N5O2/c1-12(2)17(21-14(4)24)18(25)22(5)13(3)15-6-8-16(9-7-15)23-11-19-10-20-23/h6-13,17H,1-5H3,(H,21,24)/t13-,17-/m1/s1. The second-order valence-corrected chi connectivity index (χ2v) is 6.48. The van der Waals surface area contributed by atoms with Gasteiger partial charge in [-0.1, -0.05) is 26.0 Å². The molecule has 0 aliphatic rings. The van der Waals surface area contributed by atoms with Gasteiger partial charge in [-0.3, -0.25) is 9.59 Å². The van der Waals surface area contributed by atoms with Gasteiger partial charge >= 0.3 is 0 Å². The molecule has 2 rings (SSSR count). The summed E-state index contributed by atoms with van der Waals surface area (Å²) in [7, 11) is 1.76. The first kappa shape index (κ1) is 18.6. The second-order valence-electron chi connectivity index (χ2n) is 6.48. The summed E-state index contributed by atoms with van der Waals surface area (Å²) in [6.07, 6.45) is 3.12. The van der Waals surface area contributed by atoms with Gasteiger partial charge in [0.15, 0.2) is 0 Å². The molecular formula is C18H25N5O2. The van der Waals surface area contributed by atoms with Crippen molar-refractivity contribution in [1.29, 1.82) is 0 Å². The van der Waals surface area contributed by atoms with Crippen LogP contribution in [0.15, 0.2) is 36.9 Å². The van der Waals surface area contributed by atoms with Crippen molar-refractivity contribution in [2.45, 2.75) is 39.8 Å². The van der Waals surface area contributed by atoms with Crippen molar-refractivity contribution >= 4 is 11.8 Å². The normalized spacial score (nSPS) is 13.4. The number of amides is 2. The number of carbonyl (C=O) groups is 2. The molecular weight excluding hydrogens is 318 g/mol. The molecule has 0 saturated heterocycles. The van der Waals surface area contributed by atoms with Gasteiger partial charge in [-0.25, -0.2) is 9.67 Å². The Balaban J connectivity index is 2.13. The molecule has 2 amide bonds. The maximum absolute atomic E-state index is 12.8. The van der Waals surface area contributed by atoms with Crippen molar-refractivity contribution in [2.75, 3.05) is 7.05 Å². The highest BCUT2D eigenvalue weighted by Crippen LogP contribution is 2.22. The van der Waals surface area contributed by atoms with E-state index in [1.807, 2.05) is 45.0 Å². The number of nitrogens with zero attached hydrogens (tertiary/aromatic N) is 4. The van der Waals surface area contributed by atoms with Crippen LogP contribution < -0.4 is 5.32 Å². The van der Waals surface area contributed by atoms with E-state index < -0.39 is 6.04 Å². The number of benzene rings is 1. The Labute approximate surface area is 148 Å². The van der Waals surface area contributed by atoms with Crippen LogP contribution in [-0.4, -0.2) is 44.6 Å². The number of hydrogen-bond donors (Lipinski definition) is 1. The molecule has 7 nitrogen and oxygen atoms in total. The van der Waals surface area contributed by atoms with Crippen molar-refractivity contribution in [3.05, 3.63) is 42.5 Å². The second kappa shape index (κ2) is 7.92. The Morgan fingerprint density at radius 1 is 1.16 bits per heavy atom. The van der Waals surface area contributed by atoms with Crippen molar-refractivity contribution in [3.8, 4) is 5.69 Å². The fourth-order valence-electron chi connectivity index (χ4n) is 2.61. The Morgan fingerprint density at radius 3 is 2.28 bits per heavy atom. The highest BCUT2D eigenvalue weighted by Gasteiger charge is 2.28. The van der Waals surface area contributed by atoms with Crippen LogP contribution in [0.3, 0.4) is 0 Å². The van der Waals surface area contributed by atoms with Gasteiger partial charge in [0.2, 0.25) is 11.8 Å². The van der Waals surface area contributed by atoms with Crippen molar-refractivity contribution < 1.29 is 9.59 Å². The highest BCUT2D eigenvalue weighted by atomic mass is 16.2. The molecule has 0 aliphatic heterocycles. The monoisotopic (exact) mass is 343 g/mol. The third kappa shape index (κ3) is 4.43. The van der Waals surface area contributed by atoms with E-state index in [2.05, 4.69) is 15.4 Å². The average molecular weight is 343 g/mol. The lowest BCUT2D eigenvalue weighted by molar-refractivity contribution is -0.137. The Hall–Kier alpha value is -2.70. The zero-order valence-corrected chi connectivity index (χ0v) is 15.3. The maximum Gasteiger partial charge on any atom is 0.245 e. The van der Waals surface area contributed by atoms with Gasteiger partial charge in [0.05, 0.1) is 11.7 Å². The lowest BCUT2D eigenvalue weighted by atomic mass is 10.0. The predicted octanol–water partition coefficient (Wildman–Crippen LogP) is 1.95. The van der Waals surface area contributed by atoms with Gasteiger partial charge in [-0.2, -0.15) is 5.10 Å². The summed E-state index contributed by atoms with van der Waals surface area (Å²) in [4.78, 5) is 29.8. The minimum atomic E-state index is -0.528. The van der Waals surface area contributed by atoms with Crippen LogP contribution in [0.5, 0.6) is 0 Å². The van der Waals surface area contributed by atoms with Crippen LogP contribution in [0.2, 0.25) is 0 Å². The fraction of sp³-hybridized carbons (Fsp3) is 0.444. The molecule has 0 radical (unpaired) electrons.